The first-order valence-corrected chi connectivity index (χ1v) is 6.85. The van der Waals surface area contributed by atoms with E-state index in [0.29, 0.717) is 6.04 Å². The number of pyridine rings is 1. The second-order valence-corrected chi connectivity index (χ2v) is 5.30. The van der Waals surface area contributed by atoms with Crippen LogP contribution in [0.3, 0.4) is 0 Å². The maximum Gasteiger partial charge on any atom is 0.128 e. The quantitative estimate of drug-likeness (QED) is 0.876. The summed E-state index contributed by atoms with van der Waals surface area (Å²) in [5, 5.41) is 3.51. The summed E-state index contributed by atoms with van der Waals surface area (Å²) in [6.07, 6.45) is 4.65. The third-order valence-corrected chi connectivity index (χ3v) is 3.64. The van der Waals surface area contributed by atoms with Crippen molar-refractivity contribution in [1.82, 2.24) is 10.3 Å². The first-order chi connectivity index (χ1) is 8.83. The molecule has 2 heterocycles. The van der Waals surface area contributed by atoms with Crippen molar-refractivity contribution in [3.63, 3.8) is 0 Å². The minimum absolute atomic E-state index is 0.418. The molecule has 1 saturated carbocycles. The highest BCUT2D eigenvalue weighted by atomic mass is 16.5. The number of hydrogen-bond acceptors (Lipinski definition) is 4. The Hall–Kier alpha value is -1.13. The number of morpholine rings is 1. The normalized spacial score (nSPS) is 24.3. The first-order valence-electron chi connectivity index (χ1n) is 6.85. The van der Waals surface area contributed by atoms with E-state index in [1.54, 1.807) is 0 Å². The monoisotopic (exact) mass is 247 g/mol. The predicted molar refractivity (Wildman–Crippen MR) is 71.7 cm³/mol. The van der Waals surface area contributed by atoms with Gasteiger partial charge < -0.3 is 15.0 Å². The lowest BCUT2D eigenvalue weighted by atomic mass is 10.2. The number of hydrogen-bond donors (Lipinski definition) is 1. The molecular formula is C14H21N3O. The van der Waals surface area contributed by atoms with E-state index < -0.39 is 0 Å². The molecule has 1 unspecified atom stereocenters. The fourth-order valence-corrected chi connectivity index (χ4v) is 2.31. The topological polar surface area (TPSA) is 37.4 Å². The van der Waals surface area contributed by atoms with Gasteiger partial charge in [-0.1, -0.05) is 6.07 Å². The number of nitrogens with one attached hydrogen (secondary N) is 1. The summed E-state index contributed by atoms with van der Waals surface area (Å²) in [5.41, 5.74) is 1.27. The van der Waals surface area contributed by atoms with Gasteiger partial charge in [-0.2, -0.15) is 0 Å². The highest BCUT2D eigenvalue weighted by Gasteiger charge is 2.21. The molecule has 0 aromatic carbocycles. The maximum absolute atomic E-state index is 5.45. The van der Waals surface area contributed by atoms with Gasteiger partial charge in [0.05, 0.1) is 19.3 Å². The molecule has 1 aromatic heterocycles. The fourth-order valence-electron chi connectivity index (χ4n) is 2.31. The van der Waals surface area contributed by atoms with E-state index in [0.717, 1.165) is 38.2 Å². The molecule has 1 saturated heterocycles. The Kier molecular flexibility index (Phi) is 3.48. The van der Waals surface area contributed by atoms with Gasteiger partial charge in [0.2, 0.25) is 0 Å². The van der Waals surface area contributed by atoms with Crippen LogP contribution in [0.25, 0.3) is 0 Å². The van der Waals surface area contributed by atoms with Crippen molar-refractivity contribution in [3.05, 3.63) is 23.9 Å². The average molecular weight is 247 g/mol. The van der Waals surface area contributed by atoms with Crippen molar-refractivity contribution < 1.29 is 4.74 Å². The molecule has 0 radical (unpaired) electrons. The summed E-state index contributed by atoms with van der Waals surface area (Å²) < 4.78 is 5.45. The van der Waals surface area contributed by atoms with Crippen molar-refractivity contribution in [1.29, 1.82) is 0 Å². The van der Waals surface area contributed by atoms with E-state index in [1.807, 2.05) is 6.20 Å². The second kappa shape index (κ2) is 5.24. The van der Waals surface area contributed by atoms with Crippen molar-refractivity contribution in [3.8, 4) is 0 Å². The Morgan fingerprint density at radius 3 is 3.00 bits per heavy atom. The average Bonchev–Trinajstić information content (AvgIpc) is 3.22. The van der Waals surface area contributed by atoms with Crippen LogP contribution in [-0.4, -0.2) is 36.8 Å². The van der Waals surface area contributed by atoms with Gasteiger partial charge in [-0.25, -0.2) is 4.98 Å². The fraction of sp³-hybridized carbons (Fsp3) is 0.643. The van der Waals surface area contributed by atoms with Gasteiger partial charge in [-0.3, -0.25) is 0 Å². The zero-order chi connectivity index (χ0) is 12.4. The number of rotatable bonds is 4. The van der Waals surface area contributed by atoms with E-state index in [-0.39, 0.29) is 0 Å². The third kappa shape index (κ3) is 2.82. The second-order valence-electron chi connectivity index (χ2n) is 5.30. The van der Waals surface area contributed by atoms with Crippen LogP contribution < -0.4 is 10.2 Å². The Bertz CT molecular complexity index is 389. The van der Waals surface area contributed by atoms with E-state index in [1.165, 1.54) is 18.4 Å². The van der Waals surface area contributed by atoms with Crippen LogP contribution >= 0.6 is 0 Å². The standard InChI is InChI=1S/C14H21N3O/c1-11-10-18-7-6-17(11)14-5-2-12(9-16-14)8-15-13-3-4-13/h2,5,9,11,13,15H,3-4,6-8,10H2,1H3. The van der Waals surface area contributed by atoms with Crippen LogP contribution in [0, 0.1) is 0 Å². The summed E-state index contributed by atoms with van der Waals surface area (Å²) >= 11 is 0. The third-order valence-electron chi connectivity index (χ3n) is 3.64. The number of aromatic nitrogens is 1. The molecule has 2 fully saturated rings. The number of ether oxygens (including phenoxy) is 1. The molecule has 4 nitrogen and oxygen atoms in total. The van der Waals surface area contributed by atoms with Crippen LogP contribution in [0.2, 0.25) is 0 Å². The first kappa shape index (κ1) is 11.9. The molecule has 0 spiro atoms. The highest BCUT2D eigenvalue weighted by Crippen LogP contribution is 2.20. The van der Waals surface area contributed by atoms with Gasteiger partial charge in [0.1, 0.15) is 5.82 Å². The number of nitrogens with zero attached hydrogens (tertiary/aromatic N) is 2. The van der Waals surface area contributed by atoms with E-state index >= 15 is 0 Å². The zero-order valence-corrected chi connectivity index (χ0v) is 10.9. The summed E-state index contributed by atoms with van der Waals surface area (Å²) in [6, 6.07) is 5.48. The minimum Gasteiger partial charge on any atom is -0.377 e. The molecule has 98 valence electrons. The van der Waals surface area contributed by atoms with Gasteiger partial charge in [-0.05, 0) is 31.4 Å². The zero-order valence-electron chi connectivity index (χ0n) is 10.9. The molecule has 1 atom stereocenters. The van der Waals surface area contributed by atoms with Crippen molar-refractivity contribution >= 4 is 5.82 Å². The number of anilines is 1. The molecule has 1 aliphatic carbocycles. The summed E-state index contributed by atoms with van der Waals surface area (Å²) in [6.45, 7) is 5.66. The molecule has 1 aliphatic heterocycles. The van der Waals surface area contributed by atoms with Crippen LogP contribution in [0.4, 0.5) is 5.82 Å². The molecule has 4 heteroatoms. The summed E-state index contributed by atoms with van der Waals surface area (Å²) in [5.74, 6) is 1.07. The van der Waals surface area contributed by atoms with Gasteiger partial charge in [-0.15, -0.1) is 0 Å². The Labute approximate surface area is 108 Å². The van der Waals surface area contributed by atoms with Crippen LogP contribution in [0.15, 0.2) is 18.3 Å². The Balaban J connectivity index is 1.61. The van der Waals surface area contributed by atoms with E-state index in [2.05, 4.69) is 34.3 Å². The minimum atomic E-state index is 0.418. The molecular weight excluding hydrogens is 226 g/mol. The summed E-state index contributed by atoms with van der Waals surface area (Å²) in [4.78, 5) is 6.90. The van der Waals surface area contributed by atoms with E-state index in [4.69, 9.17) is 4.74 Å². The van der Waals surface area contributed by atoms with Crippen LogP contribution in [-0.2, 0) is 11.3 Å². The highest BCUT2D eigenvalue weighted by molar-refractivity contribution is 5.41. The molecule has 1 N–H and O–H groups in total. The Morgan fingerprint density at radius 2 is 2.33 bits per heavy atom. The lowest BCUT2D eigenvalue weighted by Crippen LogP contribution is -2.44. The smallest absolute Gasteiger partial charge is 0.128 e. The van der Waals surface area contributed by atoms with E-state index in [9.17, 15) is 0 Å². The van der Waals surface area contributed by atoms with Gasteiger partial charge in [0.25, 0.3) is 0 Å². The molecule has 1 aromatic rings. The van der Waals surface area contributed by atoms with Gasteiger partial charge >= 0.3 is 0 Å². The Morgan fingerprint density at radius 1 is 1.44 bits per heavy atom. The SMILES string of the molecule is CC1COCCN1c1ccc(CNC2CC2)cn1. The maximum atomic E-state index is 5.45. The lowest BCUT2D eigenvalue weighted by Gasteiger charge is -2.34. The van der Waals surface area contributed by atoms with Crippen molar-refractivity contribution in [2.45, 2.75) is 38.4 Å². The molecule has 2 aliphatic rings. The lowest BCUT2D eigenvalue weighted by molar-refractivity contribution is 0.0985. The molecule has 3 rings (SSSR count). The molecule has 0 amide bonds. The molecule has 18 heavy (non-hydrogen) atoms. The molecule has 0 bridgehead atoms. The van der Waals surface area contributed by atoms with Crippen molar-refractivity contribution in [2.24, 2.45) is 0 Å². The van der Waals surface area contributed by atoms with Crippen LogP contribution in [0.1, 0.15) is 25.3 Å². The van der Waals surface area contributed by atoms with Crippen molar-refractivity contribution in [2.75, 3.05) is 24.7 Å². The van der Waals surface area contributed by atoms with Gasteiger partial charge in [0, 0.05) is 25.3 Å². The van der Waals surface area contributed by atoms with Gasteiger partial charge in [0.15, 0.2) is 0 Å². The largest absolute Gasteiger partial charge is 0.377 e. The van der Waals surface area contributed by atoms with Crippen LogP contribution in [0.5, 0.6) is 0 Å². The summed E-state index contributed by atoms with van der Waals surface area (Å²) in [7, 11) is 0. The predicted octanol–water partition coefficient (Wildman–Crippen LogP) is 1.56.